The van der Waals surface area contributed by atoms with Crippen molar-refractivity contribution in [1.29, 1.82) is 0 Å². The van der Waals surface area contributed by atoms with Gasteiger partial charge in [-0.1, -0.05) is 6.92 Å². The van der Waals surface area contributed by atoms with E-state index in [1.165, 1.54) is 13.0 Å². The van der Waals surface area contributed by atoms with E-state index >= 15 is 0 Å². The summed E-state index contributed by atoms with van der Waals surface area (Å²) in [5.74, 6) is -0.950. The van der Waals surface area contributed by atoms with Gasteiger partial charge in [-0.2, -0.15) is 0 Å². The average Bonchev–Trinajstić information content (AvgIpc) is 2.51. The minimum atomic E-state index is -0.588. The minimum absolute atomic E-state index is 0.0155. The molecule has 0 fully saturated rings. The van der Waals surface area contributed by atoms with E-state index in [2.05, 4.69) is 0 Å². The molecule has 2 amide bonds. The van der Waals surface area contributed by atoms with Crippen molar-refractivity contribution < 1.29 is 14.7 Å². The third-order valence-corrected chi connectivity index (χ3v) is 4.32. The molecule has 7 nitrogen and oxygen atoms in total. The predicted molar refractivity (Wildman–Crippen MR) is 89.9 cm³/mol. The molecule has 0 radical (unpaired) electrons. The second-order valence-corrected chi connectivity index (χ2v) is 6.38. The quantitative estimate of drug-likeness (QED) is 0.876. The lowest BCUT2D eigenvalue weighted by molar-refractivity contribution is -0.129. The van der Waals surface area contributed by atoms with Gasteiger partial charge in [-0.25, -0.2) is 0 Å². The van der Waals surface area contributed by atoms with E-state index in [9.17, 15) is 19.5 Å². The van der Waals surface area contributed by atoms with Crippen molar-refractivity contribution in [1.82, 2.24) is 14.4 Å². The molecule has 1 aromatic heterocycles. The summed E-state index contributed by atoms with van der Waals surface area (Å²) in [6.45, 7) is 9.06. The number of hydrogen-bond donors (Lipinski definition) is 1. The van der Waals surface area contributed by atoms with E-state index in [0.29, 0.717) is 25.3 Å². The molecule has 0 aromatic carbocycles. The normalized spacial score (nSPS) is 14.0. The SMILES string of the molecule is CCCN(Cc1cc(=O)c(O)c2n1CCN(C(C)C)C2=O)C(C)=O. The number of pyridine rings is 1. The van der Waals surface area contributed by atoms with Crippen LogP contribution >= 0.6 is 0 Å². The molecule has 24 heavy (non-hydrogen) atoms. The highest BCUT2D eigenvalue weighted by Crippen LogP contribution is 2.23. The fraction of sp³-hybridized carbons (Fsp3) is 0.588. The molecule has 1 aromatic rings. The van der Waals surface area contributed by atoms with Crippen LogP contribution in [0, 0.1) is 0 Å². The van der Waals surface area contributed by atoms with Crippen LogP contribution in [0.25, 0.3) is 0 Å². The van der Waals surface area contributed by atoms with Crippen molar-refractivity contribution >= 4 is 11.8 Å². The zero-order valence-electron chi connectivity index (χ0n) is 14.7. The summed E-state index contributed by atoms with van der Waals surface area (Å²) in [7, 11) is 0. The van der Waals surface area contributed by atoms with Crippen LogP contribution in [0.5, 0.6) is 5.75 Å². The van der Waals surface area contributed by atoms with Crippen molar-refractivity contribution in [2.75, 3.05) is 13.1 Å². The van der Waals surface area contributed by atoms with Crippen LogP contribution in [0.4, 0.5) is 0 Å². The van der Waals surface area contributed by atoms with Gasteiger partial charge in [0, 0.05) is 44.4 Å². The molecule has 0 bridgehead atoms. The fourth-order valence-electron chi connectivity index (χ4n) is 3.04. The van der Waals surface area contributed by atoms with Crippen LogP contribution in [0.2, 0.25) is 0 Å². The summed E-state index contributed by atoms with van der Waals surface area (Å²) in [5, 5.41) is 10.1. The number of carbonyl (C=O) groups is 2. The number of hydrogen-bond acceptors (Lipinski definition) is 4. The van der Waals surface area contributed by atoms with Gasteiger partial charge in [0.15, 0.2) is 11.4 Å². The maximum atomic E-state index is 12.7. The van der Waals surface area contributed by atoms with Gasteiger partial charge in [0.05, 0.1) is 6.54 Å². The number of fused-ring (bicyclic) bond motifs is 1. The molecular formula is C17H25N3O4. The Morgan fingerprint density at radius 2 is 2.00 bits per heavy atom. The first-order valence-electron chi connectivity index (χ1n) is 8.30. The van der Waals surface area contributed by atoms with Crippen molar-refractivity contribution in [2.45, 2.75) is 53.2 Å². The summed E-state index contributed by atoms with van der Waals surface area (Å²) < 4.78 is 1.67. The molecule has 1 aliphatic rings. The maximum absolute atomic E-state index is 12.7. The van der Waals surface area contributed by atoms with Crippen molar-refractivity contribution in [3.05, 3.63) is 27.7 Å². The van der Waals surface area contributed by atoms with Crippen LogP contribution in [0.3, 0.4) is 0 Å². The zero-order chi connectivity index (χ0) is 18.0. The number of rotatable bonds is 5. The highest BCUT2D eigenvalue weighted by atomic mass is 16.3. The summed E-state index contributed by atoms with van der Waals surface area (Å²) in [6, 6.07) is 1.31. The molecule has 7 heteroatoms. The summed E-state index contributed by atoms with van der Waals surface area (Å²) >= 11 is 0. The summed E-state index contributed by atoms with van der Waals surface area (Å²) in [6.07, 6.45) is 0.800. The highest BCUT2D eigenvalue weighted by molar-refractivity contribution is 5.96. The molecule has 0 saturated carbocycles. The van der Waals surface area contributed by atoms with Gasteiger partial charge in [0.25, 0.3) is 5.91 Å². The van der Waals surface area contributed by atoms with Crippen LogP contribution in [0.1, 0.15) is 50.3 Å². The molecule has 0 atom stereocenters. The molecule has 0 aliphatic carbocycles. The third kappa shape index (κ3) is 3.29. The number of nitrogens with zero attached hydrogens (tertiary/aromatic N) is 3. The van der Waals surface area contributed by atoms with Crippen molar-refractivity contribution in [2.24, 2.45) is 0 Å². The Morgan fingerprint density at radius 3 is 2.54 bits per heavy atom. The Kier molecular flexibility index (Phi) is 5.31. The van der Waals surface area contributed by atoms with Gasteiger partial charge >= 0.3 is 0 Å². The Balaban J connectivity index is 2.50. The average molecular weight is 335 g/mol. The van der Waals surface area contributed by atoms with E-state index < -0.39 is 11.2 Å². The van der Waals surface area contributed by atoms with Crippen LogP contribution < -0.4 is 5.43 Å². The summed E-state index contributed by atoms with van der Waals surface area (Å²) in [5.41, 5.74) is 0.0147. The van der Waals surface area contributed by atoms with Crippen molar-refractivity contribution in [3.63, 3.8) is 0 Å². The number of carbonyl (C=O) groups excluding carboxylic acids is 2. The first-order valence-corrected chi connectivity index (χ1v) is 8.30. The van der Waals surface area contributed by atoms with Gasteiger partial charge < -0.3 is 19.5 Å². The van der Waals surface area contributed by atoms with E-state index in [4.69, 9.17) is 0 Å². The third-order valence-electron chi connectivity index (χ3n) is 4.32. The van der Waals surface area contributed by atoms with E-state index in [-0.39, 0.29) is 30.1 Å². The molecular weight excluding hydrogens is 310 g/mol. The second-order valence-electron chi connectivity index (χ2n) is 6.38. The molecule has 0 spiro atoms. The standard InChI is InChI=1S/C17H25N3O4/c1-5-6-18(12(4)21)10-13-9-14(22)16(23)15-17(24)19(11(2)3)7-8-20(13)15/h9,11,23H,5-8,10H2,1-4H3. The molecule has 0 unspecified atom stereocenters. The first-order chi connectivity index (χ1) is 11.3. The van der Waals surface area contributed by atoms with Gasteiger partial charge in [-0.3, -0.25) is 14.4 Å². The van der Waals surface area contributed by atoms with Crippen LogP contribution in [-0.2, 0) is 17.9 Å². The van der Waals surface area contributed by atoms with E-state index in [1.54, 1.807) is 14.4 Å². The highest BCUT2D eigenvalue weighted by Gasteiger charge is 2.31. The molecule has 0 saturated heterocycles. The predicted octanol–water partition coefficient (Wildman–Crippen LogP) is 1.18. The number of amides is 2. The van der Waals surface area contributed by atoms with Crippen LogP contribution in [-0.4, -0.2) is 50.4 Å². The second kappa shape index (κ2) is 7.07. The lowest BCUT2D eigenvalue weighted by atomic mass is 10.1. The Morgan fingerprint density at radius 1 is 1.33 bits per heavy atom. The molecule has 2 rings (SSSR count). The van der Waals surface area contributed by atoms with E-state index in [1.807, 2.05) is 20.8 Å². The fourth-order valence-corrected chi connectivity index (χ4v) is 3.04. The maximum Gasteiger partial charge on any atom is 0.274 e. The van der Waals surface area contributed by atoms with Gasteiger partial charge in [0.1, 0.15) is 0 Å². The largest absolute Gasteiger partial charge is 0.503 e. The lowest BCUT2D eigenvalue weighted by Crippen LogP contribution is -2.46. The molecule has 132 valence electrons. The summed E-state index contributed by atoms with van der Waals surface area (Å²) in [4.78, 5) is 39.8. The Labute approximate surface area is 141 Å². The Bertz CT molecular complexity index is 709. The minimum Gasteiger partial charge on any atom is -0.503 e. The van der Waals surface area contributed by atoms with Crippen molar-refractivity contribution in [3.8, 4) is 5.75 Å². The molecule has 1 aliphatic heterocycles. The van der Waals surface area contributed by atoms with Crippen LogP contribution in [0.15, 0.2) is 10.9 Å². The topological polar surface area (TPSA) is 82.8 Å². The lowest BCUT2D eigenvalue weighted by Gasteiger charge is -2.35. The zero-order valence-corrected chi connectivity index (χ0v) is 14.7. The Hall–Kier alpha value is -2.31. The van der Waals surface area contributed by atoms with Gasteiger partial charge in [-0.05, 0) is 20.3 Å². The monoisotopic (exact) mass is 335 g/mol. The molecule has 1 N–H and O–H groups in total. The first kappa shape index (κ1) is 18.0. The van der Waals surface area contributed by atoms with Gasteiger partial charge in [-0.15, -0.1) is 0 Å². The van der Waals surface area contributed by atoms with Gasteiger partial charge in [0.2, 0.25) is 11.3 Å². The molecule has 2 heterocycles. The van der Waals surface area contributed by atoms with E-state index in [0.717, 1.165) is 6.42 Å². The number of aromatic nitrogens is 1. The smallest absolute Gasteiger partial charge is 0.274 e. The number of aromatic hydroxyl groups is 1.